The molecular weight excluding hydrogens is 198 g/mol. The zero-order valence-electron chi connectivity index (χ0n) is 11.5. The predicted octanol–water partition coefficient (Wildman–Crippen LogP) is 2.83. The van der Waals surface area contributed by atoms with Crippen LogP contribution in [0.1, 0.15) is 47.5 Å². The molecule has 0 aliphatic carbocycles. The third-order valence-electron chi connectivity index (χ3n) is 2.63. The fourth-order valence-corrected chi connectivity index (χ4v) is 2.01. The van der Waals surface area contributed by atoms with Gasteiger partial charge in [0.1, 0.15) is 0 Å². The summed E-state index contributed by atoms with van der Waals surface area (Å²) in [6, 6.07) is 0.348. The number of hydrogen-bond donors (Lipinski definition) is 1. The lowest BCUT2D eigenvalue weighted by molar-refractivity contribution is -0.0367. The lowest BCUT2D eigenvalue weighted by Crippen LogP contribution is -2.48. The van der Waals surface area contributed by atoms with Crippen LogP contribution in [0.4, 0.5) is 0 Å². The van der Waals surface area contributed by atoms with Crippen molar-refractivity contribution in [2.75, 3.05) is 13.2 Å². The van der Waals surface area contributed by atoms with Crippen molar-refractivity contribution in [3.63, 3.8) is 0 Å². The molecule has 0 aliphatic rings. The van der Waals surface area contributed by atoms with Crippen molar-refractivity contribution < 1.29 is 4.74 Å². The first kappa shape index (κ1) is 15.5. The largest absolute Gasteiger partial charge is 0.376 e. The molecule has 0 saturated heterocycles. The molecule has 2 atom stereocenters. The first-order valence-electron chi connectivity index (χ1n) is 6.25. The molecule has 0 aromatic rings. The summed E-state index contributed by atoms with van der Waals surface area (Å²) in [5.41, 5.74) is 0.136. The van der Waals surface area contributed by atoms with Crippen molar-refractivity contribution in [3.8, 4) is 12.3 Å². The van der Waals surface area contributed by atoms with E-state index >= 15 is 0 Å². The van der Waals surface area contributed by atoms with Crippen LogP contribution in [0.15, 0.2) is 0 Å². The maximum Gasteiger partial charge on any atom is 0.0776 e. The van der Waals surface area contributed by atoms with Gasteiger partial charge in [-0.25, -0.2) is 0 Å². The van der Waals surface area contributed by atoms with E-state index in [9.17, 15) is 0 Å². The van der Waals surface area contributed by atoms with Crippen LogP contribution in [0.2, 0.25) is 0 Å². The van der Waals surface area contributed by atoms with Gasteiger partial charge in [0, 0.05) is 19.1 Å². The van der Waals surface area contributed by atoms with Gasteiger partial charge in [0.25, 0.3) is 0 Å². The molecule has 0 aromatic carbocycles. The Bertz CT molecular complexity index is 212. The van der Waals surface area contributed by atoms with Crippen molar-refractivity contribution in [2.45, 2.75) is 59.6 Å². The third kappa shape index (κ3) is 5.53. The van der Waals surface area contributed by atoms with Gasteiger partial charge in [-0.2, -0.15) is 0 Å². The summed E-state index contributed by atoms with van der Waals surface area (Å²) < 4.78 is 5.89. The molecule has 2 unspecified atom stereocenters. The number of rotatable bonds is 7. The quantitative estimate of drug-likeness (QED) is 0.673. The first-order chi connectivity index (χ1) is 7.47. The lowest BCUT2D eigenvalue weighted by Gasteiger charge is -2.37. The molecule has 0 rings (SSSR count). The van der Waals surface area contributed by atoms with Crippen LogP contribution in [0.5, 0.6) is 0 Å². The average Bonchev–Trinajstić information content (AvgIpc) is 2.19. The van der Waals surface area contributed by atoms with Gasteiger partial charge in [0.2, 0.25) is 0 Å². The highest BCUT2D eigenvalue weighted by Gasteiger charge is 2.31. The fraction of sp³-hybridized carbons (Fsp3) is 0.857. The van der Waals surface area contributed by atoms with Crippen LogP contribution in [-0.4, -0.2) is 25.3 Å². The molecule has 2 heteroatoms. The van der Waals surface area contributed by atoms with Crippen molar-refractivity contribution in [2.24, 2.45) is 5.41 Å². The summed E-state index contributed by atoms with van der Waals surface area (Å²) in [7, 11) is 0. The Morgan fingerprint density at radius 1 is 1.31 bits per heavy atom. The van der Waals surface area contributed by atoms with Gasteiger partial charge in [0.05, 0.1) is 6.10 Å². The summed E-state index contributed by atoms with van der Waals surface area (Å²) in [5.74, 6) is 2.71. The Labute approximate surface area is 101 Å². The first-order valence-corrected chi connectivity index (χ1v) is 6.25. The van der Waals surface area contributed by atoms with Crippen LogP contribution >= 0.6 is 0 Å². The van der Waals surface area contributed by atoms with E-state index in [-0.39, 0.29) is 11.5 Å². The topological polar surface area (TPSA) is 21.3 Å². The fourth-order valence-electron chi connectivity index (χ4n) is 2.01. The van der Waals surface area contributed by atoms with Crippen molar-refractivity contribution in [3.05, 3.63) is 0 Å². The van der Waals surface area contributed by atoms with Gasteiger partial charge >= 0.3 is 0 Å². The Kier molecular flexibility index (Phi) is 7.45. The Morgan fingerprint density at radius 3 is 2.31 bits per heavy atom. The zero-order valence-corrected chi connectivity index (χ0v) is 11.5. The van der Waals surface area contributed by atoms with Crippen LogP contribution in [0, 0.1) is 17.8 Å². The molecule has 0 aliphatic heterocycles. The Hall–Kier alpha value is -0.520. The summed E-state index contributed by atoms with van der Waals surface area (Å²) in [4.78, 5) is 0. The molecule has 16 heavy (non-hydrogen) atoms. The number of ether oxygens (including phenoxy) is 1. The highest BCUT2D eigenvalue weighted by atomic mass is 16.5. The molecule has 94 valence electrons. The van der Waals surface area contributed by atoms with Crippen molar-refractivity contribution in [1.29, 1.82) is 0 Å². The van der Waals surface area contributed by atoms with Gasteiger partial charge in [-0.3, -0.25) is 0 Å². The second-order valence-electron chi connectivity index (χ2n) is 5.15. The Balaban J connectivity index is 4.59. The van der Waals surface area contributed by atoms with Crippen LogP contribution in [-0.2, 0) is 4.74 Å². The van der Waals surface area contributed by atoms with E-state index in [0.717, 1.165) is 26.0 Å². The minimum absolute atomic E-state index is 0.136. The monoisotopic (exact) mass is 225 g/mol. The zero-order chi connectivity index (χ0) is 12.6. The van der Waals surface area contributed by atoms with Crippen LogP contribution in [0.25, 0.3) is 0 Å². The summed E-state index contributed by atoms with van der Waals surface area (Å²) in [6.07, 6.45) is 7.33. The van der Waals surface area contributed by atoms with Crippen LogP contribution < -0.4 is 5.32 Å². The van der Waals surface area contributed by atoms with Gasteiger partial charge in [0.15, 0.2) is 0 Å². The molecule has 2 nitrogen and oxygen atoms in total. The summed E-state index contributed by atoms with van der Waals surface area (Å²) in [5, 5.41) is 3.49. The van der Waals surface area contributed by atoms with E-state index in [0.29, 0.717) is 6.04 Å². The predicted molar refractivity (Wildman–Crippen MR) is 70.4 cm³/mol. The molecule has 0 aromatic heterocycles. The van der Waals surface area contributed by atoms with E-state index in [2.05, 4.69) is 38.9 Å². The molecule has 0 radical (unpaired) electrons. The molecule has 1 N–H and O–H groups in total. The minimum Gasteiger partial charge on any atom is -0.376 e. The van der Waals surface area contributed by atoms with E-state index in [4.69, 9.17) is 11.2 Å². The lowest BCUT2D eigenvalue weighted by atomic mass is 9.83. The minimum atomic E-state index is 0.136. The number of likely N-dealkylation sites (N-methyl/N-ethyl adjacent to an activating group) is 1. The molecule has 0 fully saturated rings. The van der Waals surface area contributed by atoms with Gasteiger partial charge < -0.3 is 10.1 Å². The summed E-state index contributed by atoms with van der Waals surface area (Å²) >= 11 is 0. The normalized spacial score (nSPS) is 15.5. The maximum absolute atomic E-state index is 5.89. The number of nitrogens with one attached hydrogen (secondary N) is 1. The Morgan fingerprint density at radius 2 is 1.94 bits per heavy atom. The third-order valence-corrected chi connectivity index (χ3v) is 2.63. The summed E-state index contributed by atoms with van der Waals surface area (Å²) in [6.45, 7) is 12.5. The maximum atomic E-state index is 5.89. The molecule has 0 amide bonds. The smallest absolute Gasteiger partial charge is 0.0776 e. The standard InChI is InChI=1S/C14H27NO/c1-7-10-11-12(15-8-2)13(16-9-3)14(4,5)6/h1,12-13,15H,8-11H2,2-6H3. The highest BCUT2D eigenvalue weighted by molar-refractivity contribution is 4.91. The molecule has 0 saturated carbocycles. The molecular formula is C14H27NO. The SMILES string of the molecule is C#CCCC(NCC)C(OCC)C(C)(C)C. The second-order valence-corrected chi connectivity index (χ2v) is 5.15. The van der Waals surface area contributed by atoms with E-state index in [1.807, 2.05) is 6.92 Å². The van der Waals surface area contributed by atoms with Crippen molar-refractivity contribution in [1.82, 2.24) is 5.32 Å². The van der Waals surface area contributed by atoms with Gasteiger partial charge in [-0.1, -0.05) is 27.7 Å². The van der Waals surface area contributed by atoms with E-state index in [1.54, 1.807) is 0 Å². The van der Waals surface area contributed by atoms with Gasteiger partial charge in [-0.15, -0.1) is 12.3 Å². The molecule has 0 heterocycles. The van der Waals surface area contributed by atoms with Crippen molar-refractivity contribution >= 4 is 0 Å². The van der Waals surface area contributed by atoms with E-state index in [1.165, 1.54) is 0 Å². The average molecular weight is 225 g/mol. The molecule has 0 spiro atoms. The molecule has 0 bridgehead atoms. The highest BCUT2D eigenvalue weighted by Crippen LogP contribution is 2.26. The second kappa shape index (κ2) is 7.70. The number of terminal acetylenes is 1. The van der Waals surface area contributed by atoms with Crippen LogP contribution in [0.3, 0.4) is 0 Å². The van der Waals surface area contributed by atoms with E-state index < -0.39 is 0 Å². The van der Waals surface area contributed by atoms with Gasteiger partial charge in [-0.05, 0) is 25.3 Å². The number of hydrogen-bond acceptors (Lipinski definition) is 2.